The number of hydrogen-bond donors (Lipinski definition) is 1. The fourth-order valence-electron chi connectivity index (χ4n) is 2.37. The lowest BCUT2D eigenvalue weighted by Gasteiger charge is -2.09. The molecule has 27 heavy (non-hydrogen) atoms. The number of nitrogens with one attached hydrogen (secondary N) is 1. The van der Waals surface area contributed by atoms with E-state index in [0.29, 0.717) is 17.3 Å². The molecule has 1 heterocycles. The lowest BCUT2D eigenvalue weighted by Crippen LogP contribution is -2.28. The number of hydrogen-bond acceptors (Lipinski definition) is 4. The molecule has 3 rings (SSSR count). The Bertz CT molecular complexity index is 894. The number of pyridine rings is 1. The Morgan fingerprint density at radius 3 is 2.44 bits per heavy atom. The standard InChI is InChI=1S/C22H21N3OS/c1-17-10-12-19(13-11-17)21(26)25-22(24-15-20-9-5-6-14-23-20)27-16-18-7-3-2-4-8-18/h2-14H,15-16H2,1H3,(H,24,25,26). The lowest BCUT2D eigenvalue weighted by molar-refractivity contribution is 0.0978. The third-order valence-electron chi connectivity index (χ3n) is 3.86. The number of benzene rings is 2. The molecule has 1 N–H and O–H groups in total. The van der Waals surface area contributed by atoms with Crippen LogP contribution in [0.5, 0.6) is 0 Å². The molecule has 136 valence electrons. The van der Waals surface area contributed by atoms with Crippen molar-refractivity contribution < 1.29 is 4.79 Å². The number of rotatable bonds is 5. The number of nitrogens with zero attached hydrogens (tertiary/aromatic N) is 2. The highest BCUT2D eigenvalue weighted by Crippen LogP contribution is 2.14. The largest absolute Gasteiger partial charge is 0.301 e. The molecular formula is C22H21N3OS. The van der Waals surface area contributed by atoms with E-state index in [1.165, 1.54) is 17.3 Å². The first-order valence-electron chi connectivity index (χ1n) is 8.70. The molecule has 0 saturated heterocycles. The minimum Gasteiger partial charge on any atom is -0.301 e. The van der Waals surface area contributed by atoms with Crippen LogP contribution in [0.1, 0.15) is 27.2 Å². The summed E-state index contributed by atoms with van der Waals surface area (Å²) in [6, 6.07) is 23.3. The molecule has 0 saturated carbocycles. The molecule has 5 heteroatoms. The van der Waals surface area contributed by atoms with Crippen molar-refractivity contribution in [3.8, 4) is 0 Å². The van der Waals surface area contributed by atoms with Gasteiger partial charge in [-0.3, -0.25) is 14.8 Å². The van der Waals surface area contributed by atoms with Crippen molar-refractivity contribution in [3.63, 3.8) is 0 Å². The summed E-state index contributed by atoms with van der Waals surface area (Å²) >= 11 is 1.51. The molecule has 0 atom stereocenters. The molecule has 0 aliphatic rings. The Morgan fingerprint density at radius 1 is 1.00 bits per heavy atom. The Kier molecular flexibility index (Phi) is 6.77. The van der Waals surface area contributed by atoms with E-state index < -0.39 is 0 Å². The van der Waals surface area contributed by atoms with Crippen molar-refractivity contribution in [1.82, 2.24) is 10.3 Å². The van der Waals surface area contributed by atoms with Crippen molar-refractivity contribution in [3.05, 3.63) is 101 Å². The summed E-state index contributed by atoms with van der Waals surface area (Å²) in [7, 11) is 0. The van der Waals surface area contributed by atoms with Gasteiger partial charge in [0.2, 0.25) is 0 Å². The van der Waals surface area contributed by atoms with Crippen LogP contribution in [0, 0.1) is 6.92 Å². The summed E-state index contributed by atoms with van der Waals surface area (Å²) in [5, 5.41) is 3.53. The summed E-state index contributed by atoms with van der Waals surface area (Å²) in [6.45, 7) is 2.42. The van der Waals surface area contributed by atoms with Gasteiger partial charge >= 0.3 is 0 Å². The Labute approximate surface area is 163 Å². The maximum absolute atomic E-state index is 12.6. The second kappa shape index (κ2) is 9.69. The van der Waals surface area contributed by atoms with E-state index in [-0.39, 0.29) is 5.91 Å². The number of carbonyl (C=O) groups is 1. The third kappa shape index (κ3) is 6.08. The van der Waals surface area contributed by atoms with Gasteiger partial charge in [0.1, 0.15) is 0 Å². The van der Waals surface area contributed by atoms with Gasteiger partial charge in [-0.1, -0.05) is 65.9 Å². The predicted octanol–water partition coefficient (Wildman–Crippen LogP) is 4.61. The molecule has 0 radical (unpaired) electrons. The van der Waals surface area contributed by atoms with Gasteiger partial charge in [0.15, 0.2) is 5.17 Å². The Balaban J connectivity index is 1.71. The van der Waals surface area contributed by atoms with E-state index >= 15 is 0 Å². The van der Waals surface area contributed by atoms with Crippen LogP contribution in [-0.4, -0.2) is 16.1 Å². The van der Waals surface area contributed by atoms with Crippen LogP contribution in [0.4, 0.5) is 0 Å². The molecule has 4 nitrogen and oxygen atoms in total. The average Bonchev–Trinajstić information content (AvgIpc) is 2.72. The number of aryl methyl sites for hydroxylation is 1. The summed E-state index contributed by atoms with van der Waals surface area (Å²) in [5.74, 6) is 0.575. The van der Waals surface area contributed by atoms with E-state index in [0.717, 1.165) is 17.0 Å². The molecule has 0 aliphatic heterocycles. The highest BCUT2D eigenvalue weighted by Gasteiger charge is 2.10. The monoisotopic (exact) mass is 375 g/mol. The third-order valence-corrected chi connectivity index (χ3v) is 4.85. The topological polar surface area (TPSA) is 54.4 Å². The molecule has 3 aromatic rings. The average molecular weight is 375 g/mol. The molecule has 1 aromatic heterocycles. The highest BCUT2D eigenvalue weighted by atomic mass is 32.2. The van der Waals surface area contributed by atoms with Crippen LogP contribution in [0.2, 0.25) is 0 Å². The highest BCUT2D eigenvalue weighted by molar-refractivity contribution is 8.13. The lowest BCUT2D eigenvalue weighted by atomic mass is 10.1. The zero-order valence-corrected chi connectivity index (χ0v) is 15.9. The van der Waals surface area contributed by atoms with Crippen molar-refractivity contribution >= 4 is 22.8 Å². The minimum atomic E-state index is -0.157. The Hall–Kier alpha value is -2.92. The van der Waals surface area contributed by atoms with Gasteiger partial charge in [-0.2, -0.15) is 0 Å². The van der Waals surface area contributed by atoms with Gasteiger partial charge in [0, 0.05) is 17.5 Å². The summed E-state index contributed by atoms with van der Waals surface area (Å²) in [4.78, 5) is 21.4. The number of amides is 1. The Morgan fingerprint density at radius 2 is 1.74 bits per heavy atom. The number of carbonyl (C=O) groups excluding carboxylic acids is 1. The van der Waals surface area contributed by atoms with Gasteiger partial charge in [-0.25, -0.2) is 0 Å². The second-order valence-electron chi connectivity index (χ2n) is 6.04. The molecular weight excluding hydrogens is 354 g/mol. The van der Waals surface area contributed by atoms with Crippen molar-refractivity contribution in [2.45, 2.75) is 19.2 Å². The van der Waals surface area contributed by atoms with Crippen LogP contribution >= 0.6 is 11.8 Å². The van der Waals surface area contributed by atoms with Crippen molar-refractivity contribution in [2.75, 3.05) is 0 Å². The fraction of sp³-hybridized carbons (Fsp3) is 0.136. The number of amidine groups is 1. The van der Waals surface area contributed by atoms with Crippen LogP contribution in [0.25, 0.3) is 0 Å². The molecule has 0 unspecified atom stereocenters. The SMILES string of the molecule is Cc1ccc(C(=O)NC(=NCc2ccccn2)SCc2ccccc2)cc1. The first-order chi connectivity index (χ1) is 13.2. The van der Waals surface area contributed by atoms with Gasteiger partial charge in [0.05, 0.1) is 12.2 Å². The number of aromatic nitrogens is 1. The molecule has 1 amide bonds. The summed E-state index contributed by atoms with van der Waals surface area (Å²) < 4.78 is 0. The van der Waals surface area contributed by atoms with Gasteiger partial charge in [0.25, 0.3) is 5.91 Å². The van der Waals surface area contributed by atoms with Gasteiger partial charge in [-0.05, 0) is 36.8 Å². The quantitative estimate of drug-likeness (QED) is 0.523. The maximum Gasteiger partial charge on any atom is 0.257 e. The van der Waals surface area contributed by atoms with Crippen LogP contribution in [0.15, 0.2) is 84.0 Å². The van der Waals surface area contributed by atoms with Crippen molar-refractivity contribution in [1.29, 1.82) is 0 Å². The van der Waals surface area contributed by atoms with E-state index in [1.807, 2.05) is 67.6 Å². The zero-order chi connectivity index (χ0) is 18.9. The molecule has 0 aliphatic carbocycles. The molecule has 2 aromatic carbocycles. The summed E-state index contributed by atoms with van der Waals surface area (Å²) in [6.07, 6.45) is 1.74. The van der Waals surface area contributed by atoms with Crippen LogP contribution in [-0.2, 0) is 12.3 Å². The fourth-order valence-corrected chi connectivity index (χ4v) is 3.18. The normalized spacial score (nSPS) is 11.2. The smallest absolute Gasteiger partial charge is 0.257 e. The van der Waals surface area contributed by atoms with E-state index in [1.54, 1.807) is 6.20 Å². The molecule has 0 bridgehead atoms. The number of aliphatic imine (C=N–C) groups is 1. The van der Waals surface area contributed by atoms with Crippen LogP contribution in [0.3, 0.4) is 0 Å². The molecule has 0 fully saturated rings. The number of thioether (sulfide) groups is 1. The first kappa shape index (κ1) is 18.9. The predicted molar refractivity (Wildman–Crippen MR) is 112 cm³/mol. The van der Waals surface area contributed by atoms with Crippen molar-refractivity contribution in [2.24, 2.45) is 4.99 Å². The zero-order valence-electron chi connectivity index (χ0n) is 15.1. The second-order valence-corrected chi connectivity index (χ2v) is 7.00. The maximum atomic E-state index is 12.6. The summed E-state index contributed by atoms with van der Waals surface area (Å²) in [5.41, 5.74) is 3.78. The van der Waals surface area contributed by atoms with E-state index in [9.17, 15) is 4.79 Å². The van der Waals surface area contributed by atoms with Crippen LogP contribution < -0.4 is 5.32 Å². The van der Waals surface area contributed by atoms with E-state index in [2.05, 4.69) is 27.4 Å². The first-order valence-corrected chi connectivity index (χ1v) is 9.68. The van der Waals surface area contributed by atoms with E-state index in [4.69, 9.17) is 0 Å². The molecule has 0 spiro atoms. The van der Waals surface area contributed by atoms with Gasteiger partial charge in [-0.15, -0.1) is 0 Å². The van der Waals surface area contributed by atoms with Gasteiger partial charge < -0.3 is 5.32 Å². The minimum absolute atomic E-state index is 0.157.